The van der Waals surface area contributed by atoms with E-state index in [9.17, 15) is 25.2 Å². The van der Waals surface area contributed by atoms with Gasteiger partial charge in [-0.2, -0.15) is 0 Å². The van der Waals surface area contributed by atoms with Crippen molar-refractivity contribution < 1.29 is 44.2 Å². The zero-order chi connectivity index (χ0) is 44.3. The quantitative estimate of drug-likeness (QED) is 0.0269. The monoisotopic (exact) mass is 861 g/mol. The number of hydrogen-bond donors (Lipinski definition) is 4. The Bertz CT molecular complexity index is 1120. The summed E-state index contributed by atoms with van der Waals surface area (Å²) in [5.41, 5.74) is 0. The average Bonchev–Trinajstić information content (AvgIpc) is 3.26. The Morgan fingerprint density at radius 2 is 1.00 bits per heavy atom. The molecule has 354 valence electrons. The topological polar surface area (TPSA) is 135 Å². The Morgan fingerprint density at radius 1 is 0.541 bits per heavy atom. The third-order valence-electron chi connectivity index (χ3n) is 11.2. The van der Waals surface area contributed by atoms with Crippen molar-refractivity contribution in [2.24, 2.45) is 0 Å². The lowest BCUT2D eigenvalue weighted by Crippen LogP contribution is -2.59. The van der Waals surface area contributed by atoms with Gasteiger partial charge in [-0.1, -0.05) is 197 Å². The molecule has 0 spiro atoms. The Balaban J connectivity index is 2.24. The number of allylic oxidation sites excluding steroid dienone is 10. The Labute approximate surface area is 373 Å². The van der Waals surface area contributed by atoms with E-state index in [1.54, 1.807) is 0 Å². The Hall–Kier alpha value is -2.11. The van der Waals surface area contributed by atoms with Crippen LogP contribution in [0.4, 0.5) is 0 Å². The van der Waals surface area contributed by atoms with Crippen LogP contribution in [-0.2, 0) is 23.7 Å². The number of hydrogen-bond acceptors (Lipinski definition) is 9. The standard InChI is InChI=1S/C52H92O9/c1-3-5-7-9-11-13-15-17-19-21-22-23-24-25-27-29-31-33-35-37-39-41-48(54)60-46(45-59-52-51(57)50(56)49(55)47(43-53)61-52)44-58-42-40-38-36-34-32-30-28-26-20-18-16-14-12-10-8-6-4-2/h5,7,11,13,17,19,22-23,25,27,46-47,49-53,55-57H,3-4,6,8-10,12,14-16,18,20-21,24,26,28-45H2,1-2H3/b7-5-,13-11-,19-17-,23-22-,27-25-. The smallest absolute Gasteiger partial charge is 0.306 e. The fourth-order valence-electron chi connectivity index (χ4n) is 7.34. The van der Waals surface area contributed by atoms with Crippen molar-refractivity contribution in [3.05, 3.63) is 60.8 Å². The Morgan fingerprint density at radius 3 is 1.51 bits per heavy atom. The van der Waals surface area contributed by atoms with Gasteiger partial charge in [0.25, 0.3) is 0 Å². The molecule has 1 aliphatic heterocycles. The molecule has 1 rings (SSSR count). The molecule has 1 saturated heterocycles. The maximum atomic E-state index is 12.8. The molecule has 6 atom stereocenters. The van der Waals surface area contributed by atoms with Gasteiger partial charge in [0.1, 0.15) is 30.5 Å². The highest BCUT2D eigenvalue weighted by Crippen LogP contribution is 2.23. The van der Waals surface area contributed by atoms with E-state index in [4.69, 9.17) is 18.9 Å². The third kappa shape index (κ3) is 34.0. The second-order valence-corrected chi connectivity index (χ2v) is 16.9. The Kier molecular flexibility index (Phi) is 40.3. The zero-order valence-corrected chi connectivity index (χ0v) is 38.9. The summed E-state index contributed by atoms with van der Waals surface area (Å²) in [7, 11) is 0. The SMILES string of the molecule is CC/C=C\C/C=C\C/C=C\C/C=C\C/C=C\CCCCCCCC(=O)OC(COCCCCCCCCCCCCCCCCCCC)COC1OC(CO)C(O)C(O)C1O. The third-order valence-corrected chi connectivity index (χ3v) is 11.2. The molecule has 0 aromatic rings. The van der Waals surface area contributed by atoms with Crippen molar-refractivity contribution in [1.29, 1.82) is 0 Å². The first-order valence-electron chi connectivity index (χ1n) is 24.9. The highest BCUT2D eigenvalue weighted by Gasteiger charge is 2.44. The molecule has 0 saturated carbocycles. The fourth-order valence-corrected chi connectivity index (χ4v) is 7.34. The van der Waals surface area contributed by atoms with Gasteiger partial charge in [-0.05, 0) is 57.8 Å². The molecule has 1 aliphatic rings. The highest BCUT2D eigenvalue weighted by atomic mass is 16.7. The van der Waals surface area contributed by atoms with E-state index >= 15 is 0 Å². The molecule has 9 heteroatoms. The van der Waals surface area contributed by atoms with Crippen molar-refractivity contribution in [3.8, 4) is 0 Å². The molecule has 9 nitrogen and oxygen atoms in total. The first-order chi connectivity index (χ1) is 29.9. The molecule has 0 amide bonds. The fraction of sp³-hybridized carbons (Fsp3) is 0.788. The predicted octanol–water partition coefficient (Wildman–Crippen LogP) is 11.9. The van der Waals surface area contributed by atoms with Gasteiger partial charge in [-0.3, -0.25) is 4.79 Å². The van der Waals surface area contributed by atoms with E-state index in [-0.39, 0.29) is 19.2 Å². The lowest BCUT2D eigenvalue weighted by atomic mass is 9.99. The molecule has 4 N–H and O–H groups in total. The molecule has 61 heavy (non-hydrogen) atoms. The molecule has 1 fully saturated rings. The number of carbonyl (C=O) groups excluding carboxylic acids is 1. The second kappa shape index (κ2) is 43.2. The lowest BCUT2D eigenvalue weighted by Gasteiger charge is -2.39. The maximum absolute atomic E-state index is 12.8. The maximum Gasteiger partial charge on any atom is 0.306 e. The zero-order valence-electron chi connectivity index (χ0n) is 38.9. The summed E-state index contributed by atoms with van der Waals surface area (Å²) in [6, 6.07) is 0. The van der Waals surface area contributed by atoms with Crippen LogP contribution in [0.15, 0.2) is 60.8 Å². The molecule has 6 unspecified atom stereocenters. The van der Waals surface area contributed by atoms with Crippen LogP contribution in [0.3, 0.4) is 0 Å². The van der Waals surface area contributed by atoms with Crippen LogP contribution in [0.5, 0.6) is 0 Å². The lowest BCUT2D eigenvalue weighted by molar-refractivity contribution is -0.305. The van der Waals surface area contributed by atoms with E-state index in [1.165, 1.54) is 96.3 Å². The van der Waals surface area contributed by atoms with Crippen LogP contribution in [0.1, 0.15) is 200 Å². The van der Waals surface area contributed by atoms with Crippen LogP contribution in [0.25, 0.3) is 0 Å². The van der Waals surface area contributed by atoms with Crippen molar-refractivity contribution >= 4 is 5.97 Å². The van der Waals surface area contributed by atoms with Crippen LogP contribution < -0.4 is 0 Å². The van der Waals surface area contributed by atoms with E-state index in [0.29, 0.717) is 13.0 Å². The molecular weight excluding hydrogens is 769 g/mol. The number of unbranched alkanes of at least 4 members (excludes halogenated alkanes) is 21. The van der Waals surface area contributed by atoms with Crippen LogP contribution in [0.2, 0.25) is 0 Å². The van der Waals surface area contributed by atoms with Gasteiger partial charge >= 0.3 is 5.97 Å². The summed E-state index contributed by atoms with van der Waals surface area (Å²) in [6.07, 6.45) is 48.2. The van der Waals surface area contributed by atoms with Crippen molar-refractivity contribution in [3.63, 3.8) is 0 Å². The summed E-state index contributed by atoms with van der Waals surface area (Å²) in [6.45, 7) is 4.44. The summed E-state index contributed by atoms with van der Waals surface area (Å²) in [4.78, 5) is 12.8. The number of carbonyl (C=O) groups is 1. The van der Waals surface area contributed by atoms with E-state index in [0.717, 1.165) is 83.5 Å². The number of aliphatic hydroxyl groups excluding tert-OH is 4. The van der Waals surface area contributed by atoms with Crippen LogP contribution >= 0.6 is 0 Å². The average molecular weight is 861 g/mol. The summed E-state index contributed by atoms with van der Waals surface area (Å²) in [5, 5.41) is 40.2. The van der Waals surface area contributed by atoms with Gasteiger partial charge in [-0.15, -0.1) is 0 Å². The number of ether oxygens (including phenoxy) is 4. The minimum Gasteiger partial charge on any atom is -0.457 e. The van der Waals surface area contributed by atoms with E-state index in [2.05, 4.69) is 74.6 Å². The largest absolute Gasteiger partial charge is 0.457 e. The molecule has 0 aliphatic carbocycles. The van der Waals surface area contributed by atoms with E-state index in [1.807, 2.05) is 0 Å². The van der Waals surface area contributed by atoms with Crippen LogP contribution in [0, 0.1) is 0 Å². The molecule has 0 radical (unpaired) electrons. The summed E-state index contributed by atoms with van der Waals surface area (Å²) >= 11 is 0. The normalized spacial score (nSPS) is 20.4. The minimum absolute atomic E-state index is 0.122. The highest BCUT2D eigenvalue weighted by molar-refractivity contribution is 5.69. The molecule has 0 aromatic carbocycles. The van der Waals surface area contributed by atoms with Crippen LogP contribution in [-0.4, -0.2) is 89.6 Å². The predicted molar refractivity (Wildman–Crippen MR) is 251 cm³/mol. The number of rotatable bonds is 42. The first-order valence-corrected chi connectivity index (χ1v) is 24.9. The van der Waals surface area contributed by atoms with Gasteiger partial charge in [0.05, 0.1) is 19.8 Å². The van der Waals surface area contributed by atoms with Gasteiger partial charge in [-0.25, -0.2) is 0 Å². The summed E-state index contributed by atoms with van der Waals surface area (Å²) < 4.78 is 22.9. The van der Waals surface area contributed by atoms with Gasteiger partial charge < -0.3 is 39.4 Å². The minimum atomic E-state index is -1.54. The van der Waals surface area contributed by atoms with Gasteiger partial charge in [0.15, 0.2) is 6.29 Å². The second-order valence-electron chi connectivity index (χ2n) is 16.9. The van der Waals surface area contributed by atoms with Crippen molar-refractivity contribution in [2.45, 2.75) is 237 Å². The van der Waals surface area contributed by atoms with Crippen molar-refractivity contribution in [1.82, 2.24) is 0 Å². The van der Waals surface area contributed by atoms with Gasteiger partial charge in [0.2, 0.25) is 0 Å². The number of aliphatic hydroxyl groups is 4. The summed E-state index contributed by atoms with van der Waals surface area (Å²) in [5.74, 6) is -0.331. The van der Waals surface area contributed by atoms with E-state index < -0.39 is 43.4 Å². The molecule has 1 heterocycles. The number of esters is 1. The first kappa shape index (κ1) is 56.9. The van der Waals surface area contributed by atoms with Crippen molar-refractivity contribution in [2.75, 3.05) is 26.4 Å². The van der Waals surface area contributed by atoms with Gasteiger partial charge in [0, 0.05) is 13.0 Å². The molecule has 0 aromatic heterocycles. The molecular formula is C52H92O9. The molecule has 0 bridgehead atoms.